The van der Waals surface area contributed by atoms with Gasteiger partial charge < -0.3 is 10.5 Å². The Bertz CT molecular complexity index is 627. The minimum absolute atomic E-state index is 0. The van der Waals surface area contributed by atoms with Gasteiger partial charge in [0.2, 0.25) is 0 Å². The van der Waals surface area contributed by atoms with Crippen LogP contribution in [0.4, 0.5) is 0 Å². The van der Waals surface area contributed by atoms with Crippen LogP contribution in [0.1, 0.15) is 50.8 Å². The fraction of sp³-hybridized carbons (Fsp3) is 0.647. The van der Waals surface area contributed by atoms with Gasteiger partial charge in [-0.1, -0.05) is 38.1 Å². The zero-order valence-electron chi connectivity index (χ0n) is 15.3. The van der Waals surface area contributed by atoms with Crippen LogP contribution in [0.2, 0.25) is 0 Å². The molecule has 0 amide bonds. The van der Waals surface area contributed by atoms with E-state index in [1.165, 1.54) is 9.87 Å². The van der Waals surface area contributed by atoms with Gasteiger partial charge in [0.15, 0.2) is 0 Å². The molecule has 1 aliphatic rings. The molecule has 0 aliphatic carbocycles. The smallest absolute Gasteiger partial charge is 0.279 e. The maximum Gasteiger partial charge on any atom is 0.279 e. The molecular formula is C17H30ClN3O3S. The lowest BCUT2D eigenvalue weighted by atomic mass is 9.99. The molecule has 3 N–H and O–H groups in total. The molecule has 1 heterocycles. The molecule has 3 unspecified atom stereocenters. The summed E-state index contributed by atoms with van der Waals surface area (Å²) in [6.45, 7) is 8.90. The number of hydrogen-bond acceptors (Lipinski definition) is 4. The molecule has 1 aromatic rings. The van der Waals surface area contributed by atoms with Crippen LogP contribution in [-0.2, 0) is 14.9 Å². The van der Waals surface area contributed by atoms with Crippen LogP contribution in [0, 0.1) is 0 Å². The minimum atomic E-state index is -3.55. The summed E-state index contributed by atoms with van der Waals surface area (Å²) in [5.41, 5.74) is 8.30. The summed E-state index contributed by atoms with van der Waals surface area (Å²) < 4.78 is 34.6. The lowest BCUT2D eigenvalue weighted by Gasteiger charge is -2.34. The van der Waals surface area contributed by atoms with Crippen molar-refractivity contribution in [3.63, 3.8) is 0 Å². The van der Waals surface area contributed by atoms with Crippen LogP contribution in [0.15, 0.2) is 24.3 Å². The predicted molar refractivity (Wildman–Crippen MR) is 103 cm³/mol. The number of halogens is 1. The molecule has 6 nitrogen and oxygen atoms in total. The van der Waals surface area contributed by atoms with Crippen LogP contribution in [0.3, 0.4) is 0 Å². The zero-order valence-corrected chi connectivity index (χ0v) is 16.9. The van der Waals surface area contributed by atoms with Crippen molar-refractivity contribution in [1.29, 1.82) is 0 Å². The fourth-order valence-corrected chi connectivity index (χ4v) is 4.24. The van der Waals surface area contributed by atoms with E-state index in [4.69, 9.17) is 10.5 Å². The highest BCUT2D eigenvalue weighted by Gasteiger charge is 2.31. The van der Waals surface area contributed by atoms with E-state index in [9.17, 15) is 8.42 Å². The van der Waals surface area contributed by atoms with Crippen molar-refractivity contribution in [2.24, 2.45) is 5.73 Å². The summed E-state index contributed by atoms with van der Waals surface area (Å²) in [5.74, 6) is 0.457. The molecule has 2 rings (SSSR count). The first-order valence-electron chi connectivity index (χ1n) is 8.44. The Labute approximate surface area is 157 Å². The van der Waals surface area contributed by atoms with Gasteiger partial charge in [-0.3, -0.25) is 0 Å². The third-order valence-corrected chi connectivity index (χ3v) is 5.75. The maximum absolute atomic E-state index is 12.5. The zero-order chi connectivity index (χ0) is 17.9. The molecule has 1 aromatic carbocycles. The Balaban J connectivity index is 0.00000312. The van der Waals surface area contributed by atoms with Crippen LogP contribution in [-0.4, -0.2) is 44.6 Å². The highest BCUT2D eigenvalue weighted by molar-refractivity contribution is 7.87. The number of rotatable bonds is 6. The first-order chi connectivity index (χ1) is 11.2. The quantitative estimate of drug-likeness (QED) is 0.778. The van der Waals surface area contributed by atoms with E-state index >= 15 is 0 Å². The second kappa shape index (κ2) is 9.30. The van der Waals surface area contributed by atoms with Crippen molar-refractivity contribution < 1.29 is 13.2 Å². The van der Waals surface area contributed by atoms with Gasteiger partial charge in [0.05, 0.1) is 12.2 Å². The van der Waals surface area contributed by atoms with Crippen molar-refractivity contribution in [3.8, 4) is 0 Å². The molecule has 8 heteroatoms. The maximum atomic E-state index is 12.5. The Kier molecular flexibility index (Phi) is 8.31. The highest BCUT2D eigenvalue weighted by Crippen LogP contribution is 2.18. The van der Waals surface area contributed by atoms with E-state index in [0.717, 1.165) is 5.56 Å². The highest BCUT2D eigenvalue weighted by atomic mass is 35.5. The third kappa shape index (κ3) is 6.20. The van der Waals surface area contributed by atoms with E-state index in [2.05, 4.69) is 18.6 Å². The van der Waals surface area contributed by atoms with E-state index in [1.54, 1.807) is 0 Å². The monoisotopic (exact) mass is 391 g/mol. The summed E-state index contributed by atoms with van der Waals surface area (Å²) in [5, 5.41) is 0. The van der Waals surface area contributed by atoms with Gasteiger partial charge in [-0.25, -0.2) is 4.72 Å². The van der Waals surface area contributed by atoms with E-state index in [0.29, 0.717) is 19.0 Å². The van der Waals surface area contributed by atoms with Crippen molar-refractivity contribution in [3.05, 3.63) is 35.4 Å². The molecule has 0 spiro atoms. The Hall–Kier alpha value is -0.700. The molecule has 0 radical (unpaired) electrons. The van der Waals surface area contributed by atoms with Crippen molar-refractivity contribution in [1.82, 2.24) is 9.03 Å². The predicted octanol–water partition coefficient (Wildman–Crippen LogP) is 2.18. The molecule has 3 atom stereocenters. The van der Waals surface area contributed by atoms with Gasteiger partial charge in [0, 0.05) is 25.7 Å². The van der Waals surface area contributed by atoms with Crippen molar-refractivity contribution >= 4 is 22.6 Å². The molecule has 0 saturated carbocycles. The molecule has 25 heavy (non-hydrogen) atoms. The van der Waals surface area contributed by atoms with Gasteiger partial charge in [-0.15, -0.1) is 12.4 Å². The normalized spacial score (nSPS) is 23.3. The number of benzene rings is 1. The lowest BCUT2D eigenvalue weighted by Crippen LogP contribution is -2.52. The largest absolute Gasteiger partial charge is 0.373 e. The summed E-state index contributed by atoms with van der Waals surface area (Å²) in [7, 11) is -3.55. The van der Waals surface area contributed by atoms with Gasteiger partial charge in [-0.05, 0) is 30.9 Å². The number of nitrogens with two attached hydrogens (primary N) is 1. The minimum Gasteiger partial charge on any atom is -0.373 e. The third-order valence-electron chi connectivity index (χ3n) is 4.24. The Morgan fingerprint density at radius 1 is 1.16 bits per heavy atom. The molecule has 1 fully saturated rings. The van der Waals surface area contributed by atoms with Crippen LogP contribution in [0.5, 0.6) is 0 Å². The first-order valence-corrected chi connectivity index (χ1v) is 9.88. The Morgan fingerprint density at radius 3 is 2.12 bits per heavy atom. The van der Waals surface area contributed by atoms with E-state index in [-0.39, 0.29) is 37.2 Å². The number of nitrogens with zero attached hydrogens (tertiary/aromatic N) is 1. The standard InChI is InChI=1S/C17H29N3O3S.ClH/c1-12(2)15-5-7-16(8-6-15)17(18)9-19-24(21,22)20-10-13(3)23-14(4)11-20;/h5-8,12-14,17,19H,9-11,18H2,1-4H3;1H. The molecule has 0 bridgehead atoms. The number of morpholine rings is 1. The summed E-state index contributed by atoms with van der Waals surface area (Å²) in [4.78, 5) is 0. The molecule has 1 aliphatic heterocycles. The second-order valence-corrected chi connectivity index (χ2v) is 8.61. The summed E-state index contributed by atoms with van der Waals surface area (Å²) in [6, 6.07) is 7.64. The molecule has 144 valence electrons. The Morgan fingerprint density at radius 2 is 1.64 bits per heavy atom. The van der Waals surface area contributed by atoms with Crippen molar-refractivity contribution in [2.75, 3.05) is 19.6 Å². The summed E-state index contributed by atoms with van der Waals surface area (Å²) >= 11 is 0. The summed E-state index contributed by atoms with van der Waals surface area (Å²) in [6.07, 6.45) is -0.217. The van der Waals surface area contributed by atoms with Crippen molar-refractivity contribution in [2.45, 2.75) is 51.9 Å². The first kappa shape index (κ1) is 22.3. The van der Waals surface area contributed by atoms with Crippen LogP contribution < -0.4 is 10.5 Å². The average molecular weight is 392 g/mol. The topological polar surface area (TPSA) is 84.7 Å². The number of nitrogens with one attached hydrogen (secondary N) is 1. The van der Waals surface area contributed by atoms with Crippen LogP contribution in [0.25, 0.3) is 0 Å². The van der Waals surface area contributed by atoms with E-state index < -0.39 is 10.2 Å². The SMILES string of the molecule is CC1CN(S(=O)(=O)NCC(N)c2ccc(C(C)C)cc2)CC(C)O1.Cl. The van der Waals surface area contributed by atoms with Gasteiger partial charge in [0.1, 0.15) is 0 Å². The van der Waals surface area contributed by atoms with E-state index in [1.807, 2.05) is 38.1 Å². The second-order valence-electron chi connectivity index (χ2n) is 6.86. The van der Waals surface area contributed by atoms with Gasteiger partial charge in [0.25, 0.3) is 10.2 Å². The van der Waals surface area contributed by atoms with Gasteiger partial charge in [-0.2, -0.15) is 12.7 Å². The van der Waals surface area contributed by atoms with Crippen LogP contribution >= 0.6 is 12.4 Å². The molecule has 0 aromatic heterocycles. The molecular weight excluding hydrogens is 362 g/mol. The molecule has 1 saturated heterocycles. The number of hydrogen-bond donors (Lipinski definition) is 2. The fourth-order valence-electron chi connectivity index (χ4n) is 2.86. The lowest BCUT2D eigenvalue weighted by molar-refractivity contribution is -0.0443. The average Bonchev–Trinajstić information content (AvgIpc) is 2.52. The number of ether oxygens (including phenoxy) is 1. The van der Waals surface area contributed by atoms with Gasteiger partial charge >= 0.3 is 0 Å².